The number of carbonyl (C=O) groups is 2. The minimum atomic E-state index is -0.918. The van der Waals surface area contributed by atoms with E-state index in [1.54, 1.807) is 0 Å². The highest BCUT2D eigenvalue weighted by molar-refractivity contribution is 6.02. The van der Waals surface area contributed by atoms with Crippen LogP contribution in [0.25, 0.3) is 0 Å². The number of hydrogen-bond acceptors (Lipinski definition) is 2. The van der Waals surface area contributed by atoms with E-state index in [2.05, 4.69) is 0 Å². The van der Waals surface area contributed by atoms with Gasteiger partial charge in [0, 0.05) is 18.5 Å². The topological polar surface area (TPSA) is 57.6 Å². The van der Waals surface area contributed by atoms with Gasteiger partial charge in [0.25, 0.3) is 0 Å². The zero-order valence-electron chi connectivity index (χ0n) is 10.7. The zero-order chi connectivity index (χ0) is 13.4. The Morgan fingerprint density at radius 1 is 1.26 bits per heavy atom. The molecule has 1 aliphatic heterocycles. The zero-order valence-corrected chi connectivity index (χ0v) is 10.7. The second-order valence-corrected chi connectivity index (χ2v) is 5.45. The Labute approximate surface area is 112 Å². The van der Waals surface area contributed by atoms with Gasteiger partial charge in [-0.1, -0.05) is 24.6 Å². The second-order valence-electron chi connectivity index (χ2n) is 5.45. The largest absolute Gasteiger partial charge is 0.480 e. The molecule has 1 N–H and O–H groups in total. The van der Waals surface area contributed by atoms with E-state index in [1.807, 2.05) is 24.3 Å². The molecule has 1 heterocycles. The van der Waals surface area contributed by atoms with Crippen molar-refractivity contribution < 1.29 is 14.7 Å². The van der Waals surface area contributed by atoms with Crippen LogP contribution in [-0.4, -0.2) is 23.0 Å². The third kappa shape index (κ3) is 2.11. The first-order chi connectivity index (χ1) is 9.16. The molecular weight excluding hydrogens is 242 g/mol. The van der Waals surface area contributed by atoms with Gasteiger partial charge in [0.2, 0.25) is 5.91 Å². The Hall–Kier alpha value is -1.84. The summed E-state index contributed by atoms with van der Waals surface area (Å²) in [6.07, 6.45) is 4.29. The molecule has 4 nitrogen and oxygen atoms in total. The SMILES string of the molecule is O=C(O)C1Cc2ccccc2N1C(=O)CC1CCC1. The van der Waals surface area contributed by atoms with Crippen LogP contribution in [0.3, 0.4) is 0 Å². The van der Waals surface area contributed by atoms with Crippen LogP contribution in [0.5, 0.6) is 0 Å². The van der Waals surface area contributed by atoms with Gasteiger partial charge in [0.1, 0.15) is 6.04 Å². The lowest BCUT2D eigenvalue weighted by atomic mass is 9.82. The van der Waals surface area contributed by atoms with E-state index in [1.165, 1.54) is 11.3 Å². The van der Waals surface area contributed by atoms with Crippen molar-refractivity contribution in [3.05, 3.63) is 29.8 Å². The molecule has 1 atom stereocenters. The minimum absolute atomic E-state index is 0.0398. The van der Waals surface area contributed by atoms with Gasteiger partial charge < -0.3 is 5.11 Å². The first-order valence-corrected chi connectivity index (χ1v) is 6.79. The summed E-state index contributed by atoms with van der Waals surface area (Å²) in [5, 5.41) is 9.32. The summed E-state index contributed by atoms with van der Waals surface area (Å²) in [4.78, 5) is 25.2. The van der Waals surface area contributed by atoms with Crippen LogP contribution in [0.1, 0.15) is 31.2 Å². The molecule has 100 valence electrons. The highest BCUT2D eigenvalue weighted by Crippen LogP contribution is 2.35. The Kier molecular flexibility index (Phi) is 3.01. The minimum Gasteiger partial charge on any atom is -0.480 e. The van der Waals surface area contributed by atoms with Crippen molar-refractivity contribution in [1.29, 1.82) is 0 Å². The number of benzene rings is 1. The first-order valence-electron chi connectivity index (χ1n) is 6.79. The van der Waals surface area contributed by atoms with Crippen molar-refractivity contribution in [2.75, 3.05) is 4.90 Å². The summed E-state index contributed by atoms with van der Waals surface area (Å²) in [7, 11) is 0. The molecule has 0 radical (unpaired) electrons. The monoisotopic (exact) mass is 259 g/mol. The van der Waals surface area contributed by atoms with Gasteiger partial charge in [-0.3, -0.25) is 9.69 Å². The number of fused-ring (bicyclic) bond motifs is 1. The average molecular weight is 259 g/mol. The van der Waals surface area contributed by atoms with E-state index < -0.39 is 12.0 Å². The Bertz CT molecular complexity index is 522. The van der Waals surface area contributed by atoms with Crippen LogP contribution in [0.2, 0.25) is 0 Å². The molecule has 1 aliphatic carbocycles. The molecule has 0 spiro atoms. The number of carboxylic acids is 1. The van der Waals surface area contributed by atoms with Gasteiger partial charge in [-0.25, -0.2) is 4.79 Å². The van der Waals surface area contributed by atoms with Crippen LogP contribution >= 0.6 is 0 Å². The van der Waals surface area contributed by atoms with Crippen molar-refractivity contribution in [3.63, 3.8) is 0 Å². The van der Waals surface area contributed by atoms with Gasteiger partial charge in [-0.05, 0) is 30.4 Å². The highest BCUT2D eigenvalue weighted by atomic mass is 16.4. The number of carbonyl (C=O) groups excluding carboxylic acids is 1. The average Bonchev–Trinajstić information content (AvgIpc) is 2.73. The predicted molar refractivity (Wildman–Crippen MR) is 71.0 cm³/mol. The van der Waals surface area contributed by atoms with Crippen LogP contribution < -0.4 is 4.90 Å². The number of aliphatic carboxylic acids is 1. The highest BCUT2D eigenvalue weighted by Gasteiger charge is 2.39. The number of rotatable bonds is 3. The number of para-hydroxylation sites is 1. The molecule has 1 saturated carbocycles. The van der Waals surface area contributed by atoms with Gasteiger partial charge in [-0.2, -0.15) is 0 Å². The molecule has 1 fully saturated rings. The predicted octanol–water partition coefficient (Wildman–Crippen LogP) is 2.22. The van der Waals surface area contributed by atoms with Gasteiger partial charge in [0.15, 0.2) is 0 Å². The lowest BCUT2D eigenvalue weighted by Crippen LogP contribution is -2.43. The quantitative estimate of drug-likeness (QED) is 0.905. The molecule has 0 aromatic heterocycles. The Balaban J connectivity index is 1.86. The van der Waals surface area contributed by atoms with Crippen molar-refractivity contribution >= 4 is 17.6 Å². The summed E-state index contributed by atoms with van der Waals surface area (Å²) in [6.45, 7) is 0. The summed E-state index contributed by atoms with van der Waals surface area (Å²) >= 11 is 0. The van der Waals surface area contributed by atoms with E-state index in [-0.39, 0.29) is 5.91 Å². The molecule has 1 aromatic carbocycles. The van der Waals surface area contributed by atoms with Crippen LogP contribution in [-0.2, 0) is 16.0 Å². The maximum Gasteiger partial charge on any atom is 0.327 e. The number of hydrogen-bond donors (Lipinski definition) is 1. The lowest BCUT2D eigenvalue weighted by Gasteiger charge is -2.29. The molecule has 1 aromatic rings. The third-order valence-corrected chi connectivity index (χ3v) is 4.22. The lowest BCUT2D eigenvalue weighted by molar-refractivity contribution is -0.140. The number of amides is 1. The first kappa shape index (κ1) is 12.2. The van der Waals surface area contributed by atoms with Crippen molar-refractivity contribution in [2.24, 2.45) is 5.92 Å². The van der Waals surface area contributed by atoms with Crippen molar-refractivity contribution in [3.8, 4) is 0 Å². The molecule has 1 unspecified atom stereocenters. The van der Waals surface area contributed by atoms with E-state index in [4.69, 9.17) is 0 Å². The molecule has 2 aliphatic rings. The number of nitrogens with zero attached hydrogens (tertiary/aromatic N) is 1. The van der Waals surface area contributed by atoms with Crippen LogP contribution in [0.4, 0.5) is 5.69 Å². The van der Waals surface area contributed by atoms with Gasteiger partial charge in [0.05, 0.1) is 0 Å². The maximum absolute atomic E-state index is 12.4. The van der Waals surface area contributed by atoms with E-state index in [0.29, 0.717) is 18.8 Å². The number of carboxylic acid groups (broad SMARTS) is 1. The smallest absolute Gasteiger partial charge is 0.327 e. The summed E-state index contributed by atoms with van der Waals surface area (Å²) in [5.41, 5.74) is 1.73. The molecule has 1 amide bonds. The fourth-order valence-corrected chi connectivity index (χ4v) is 2.93. The van der Waals surface area contributed by atoms with Gasteiger partial charge >= 0.3 is 5.97 Å². The van der Waals surface area contributed by atoms with Crippen molar-refractivity contribution in [2.45, 2.75) is 38.1 Å². The van der Waals surface area contributed by atoms with E-state index in [9.17, 15) is 14.7 Å². The maximum atomic E-state index is 12.4. The summed E-state index contributed by atoms with van der Waals surface area (Å²) < 4.78 is 0. The van der Waals surface area contributed by atoms with E-state index >= 15 is 0 Å². The van der Waals surface area contributed by atoms with E-state index in [0.717, 1.165) is 24.1 Å². The molecule has 0 saturated heterocycles. The second kappa shape index (κ2) is 4.68. The van der Waals surface area contributed by atoms with Crippen molar-refractivity contribution in [1.82, 2.24) is 0 Å². The van der Waals surface area contributed by atoms with Gasteiger partial charge in [-0.15, -0.1) is 0 Å². The van der Waals surface area contributed by atoms with Crippen LogP contribution in [0, 0.1) is 5.92 Å². The molecule has 4 heteroatoms. The Morgan fingerprint density at radius 3 is 2.63 bits per heavy atom. The normalized spacial score (nSPS) is 21.9. The van der Waals surface area contributed by atoms with Crippen LogP contribution in [0.15, 0.2) is 24.3 Å². The fraction of sp³-hybridized carbons (Fsp3) is 0.467. The molecule has 19 heavy (non-hydrogen) atoms. The summed E-state index contributed by atoms with van der Waals surface area (Å²) in [6, 6.07) is 6.76. The Morgan fingerprint density at radius 2 is 2.00 bits per heavy atom. The third-order valence-electron chi connectivity index (χ3n) is 4.22. The fourth-order valence-electron chi connectivity index (χ4n) is 2.93. The molecule has 3 rings (SSSR count). The number of anilines is 1. The summed E-state index contributed by atoms with van der Waals surface area (Å²) in [5.74, 6) is -0.505. The standard InChI is InChI=1S/C15H17NO3/c17-14(8-10-4-3-5-10)16-12-7-2-1-6-11(12)9-13(16)15(18)19/h1-2,6-7,10,13H,3-5,8-9H2,(H,18,19). The molecule has 0 bridgehead atoms. The molecular formula is C15H17NO3.